The zero-order valence-corrected chi connectivity index (χ0v) is 14.2. The highest BCUT2D eigenvalue weighted by atomic mass is 16.1. The third-order valence-electron chi connectivity index (χ3n) is 7.00. The van der Waals surface area contributed by atoms with Crippen molar-refractivity contribution < 1.29 is 9.59 Å². The van der Waals surface area contributed by atoms with E-state index in [1.807, 2.05) is 24.3 Å². The first kappa shape index (κ1) is 14.9. The lowest BCUT2D eigenvalue weighted by atomic mass is 9.48. The van der Waals surface area contributed by atoms with Crippen molar-refractivity contribution in [3.05, 3.63) is 47.0 Å². The van der Waals surface area contributed by atoms with Gasteiger partial charge < -0.3 is 0 Å². The molecule has 0 amide bonds. The second-order valence-electron chi connectivity index (χ2n) is 8.07. The lowest BCUT2D eigenvalue weighted by Gasteiger charge is -2.52. The maximum absolute atomic E-state index is 13.6. The maximum atomic E-state index is 13.6. The Hall–Kier alpha value is -1.70. The van der Waals surface area contributed by atoms with E-state index in [0.717, 1.165) is 19.3 Å². The van der Waals surface area contributed by atoms with E-state index >= 15 is 0 Å². The number of allylic oxidation sites excluding steroid dienone is 2. The number of fused-ring (bicyclic) bond motifs is 6. The Labute approximate surface area is 138 Å². The number of benzene rings is 1. The minimum atomic E-state index is -0.521. The standard InChI is InChI=1S/C21H24O2/c1-13(2)10-11-21-15-9-8-14(12-15)20(21,3)18(22)16-6-4-5-7-17(16)19(21)23/h4-7,10,14-15H,8-9,11-12H2,1-3H3/t14-,15+,20+,21?/m1/s1. The summed E-state index contributed by atoms with van der Waals surface area (Å²) in [7, 11) is 0. The minimum absolute atomic E-state index is 0.210. The van der Waals surface area contributed by atoms with Crippen molar-refractivity contribution in [2.45, 2.75) is 46.5 Å². The van der Waals surface area contributed by atoms with E-state index in [0.29, 0.717) is 29.4 Å². The van der Waals surface area contributed by atoms with E-state index < -0.39 is 10.8 Å². The van der Waals surface area contributed by atoms with Crippen LogP contribution >= 0.6 is 0 Å². The molecule has 0 radical (unpaired) electrons. The van der Waals surface area contributed by atoms with Crippen LogP contribution in [0.2, 0.25) is 0 Å². The van der Waals surface area contributed by atoms with Gasteiger partial charge >= 0.3 is 0 Å². The maximum Gasteiger partial charge on any atom is 0.171 e. The van der Waals surface area contributed by atoms with Crippen molar-refractivity contribution in [2.75, 3.05) is 0 Å². The summed E-state index contributed by atoms with van der Waals surface area (Å²) in [6, 6.07) is 7.46. The van der Waals surface area contributed by atoms with Crippen molar-refractivity contribution in [3.8, 4) is 0 Å². The third-order valence-corrected chi connectivity index (χ3v) is 7.00. The number of Topliss-reactive ketones (excluding diaryl/α,β-unsaturated/α-hetero) is 2. The van der Waals surface area contributed by atoms with Gasteiger partial charge in [-0.3, -0.25) is 9.59 Å². The van der Waals surface area contributed by atoms with Gasteiger partial charge in [0.25, 0.3) is 0 Å². The topological polar surface area (TPSA) is 34.1 Å². The van der Waals surface area contributed by atoms with Gasteiger partial charge in [0.1, 0.15) is 0 Å². The predicted molar refractivity (Wildman–Crippen MR) is 90.5 cm³/mol. The molecule has 0 heterocycles. The molecule has 2 fully saturated rings. The Morgan fingerprint density at radius 1 is 1.09 bits per heavy atom. The van der Waals surface area contributed by atoms with Gasteiger partial charge in [-0.1, -0.05) is 42.8 Å². The molecule has 3 aliphatic rings. The molecule has 1 aromatic carbocycles. The van der Waals surface area contributed by atoms with Crippen LogP contribution in [-0.2, 0) is 0 Å². The molecule has 120 valence electrons. The molecule has 2 saturated carbocycles. The first-order valence-corrected chi connectivity index (χ1v) is 8.75. The molecule has 23 heavy (non-hydrogen) atoms. The quantitative estimate of drug-likeness (QED) is 0.732. The molecule has 4 rings (SSSR count). The van der Waals surface area contributed by atoms with Crippen LogP contribution in [0.4, 0.5) is 0 Å². The first-order valence-electron chi connectivity index (χ1n) is 8.75. The number of carbonyl (C=O) groups is 2. The summed E-state index contributed by atoms with van der Waals surface area (Å²) in [6.45, 7) is 6.24. The SMILES string of the molecule is CC(C)=CCC12C(=O)c3ccccc3C(=O)[C@]1(C)[C@@H]1CC[C@H]2C1. The number of carbonyl (C=O) groups excluding carboxylic acids is 2. The fraction of sp³-hybridized carbons (Fsp3) is 0.524. The van der Waals surface area contributed by atoms with Gasteiger partial charge in [0.2, 0.25) is 0 Å². The number of hydrogen-bond donors (Lipinski definition) is 0. The van der Waals surface area contributed by atoms with Gasteiger partial charge in [-0.2, -0.15) is 0 Å². The molecule has 2 nitrogen and oxygen atoms in total. The molecule has 2 heteroatoms. The highest BCUT2D eigenvalue weighted by Crippen LogP contribution is 2.71. The van der Waals surface area contributed by atoms with Gasteiger partial charge in [-0.05, 0) is 51.4 Å². The Morgan fingerprint density at radius 3 is 2.35 bits per heavy atom. The van der Waals surface area contributed by atoms with Crippen molar-refractivity contribution >= 4 is 11.6 Å². The monoisotopic (exact) mass is 308 g/mol. The summed E-state index contributed by atoms with van der Waals surface area (Å²) in [5, 5.41) is 0. The van der Waals surface area contributed by atoms with E-state index in [9.17, 15) is 9.59 Å². The van der Waals surface area contributed by atoms with Crippen LogP contribution in [0.1, 0.15) is 67.2 Å². The van der Waals surface area contributed by atoms with Crippen molar-refractivity contribution in [3.63, 3.8) is 0 Å². The third kappa shape index (κ3) is 1.59. The normalized spacial score (nSPS) is 37.5. The minimum Gasteiger partial charge on any atom is -0.293 e. The number of rotatable bonds is 2. The van der Waals surface area contributed by atoms with Gasteiger partial charge in [0.05, 0.1) is 5.41 Å². The molecule has 3 aliphatic carbocycles. The molecular weight excluding hydrogens is 284 g/mol. The van der Waals surface area contributed by atoms with Gasteiger partial charge in [0.15, 0.2) is 11.6 Å². The van der Waals surface area contributed by atoms with Gasteiger partial charge in [-0.15, -0.1) is 0 Å². The summed E-state index contributed by atoms with van der Waals surface area (Å²) in [6.07, 6.45) is 6.12. The van der Waals surface area contributed by atoms with Crippen molar-refractivity contribution in [1.29, 1.82) is 0 Å². The Kier molecular flexibility index (Phi) is 3.01. The van der Waals surface area contributed by atoms with Crippen LogP contribution in [0.3, 0.4) is 0 Å². The molecule has 0 N–H and O–H groups in total. The second-order valence-corrected chi connectivity index (χ2v) is 8.07. The van der Waals surface area contributed by atoms with E-state index in [4.69, 9.17) is 0 Å². The predicted octanol–water partition coefficient (Wildman–Crippen LogP) is 4.84. The van der Waals surface area contributed by atoms with Crippen LogP contribution in [0.5, 0.6) is 0 Å². The summed E-state index contributed by atoms with van der Waals surface area (Å²) in [4.78, 5) is 27.0. The molecule has 0 aliphatic heterocycles. The molecule has 4 atom stereocenters. The lowest BCUT2D eigenvalue weighted by molar-refractivity contribution is 0.00418. The summed E-state index contributed by atoms with van der Waals surface area (Å²) < 4.78 is 0. The van der Waals surface area contributed by atoms with Gasteiger partial charge in [-0.25, -0.2) is 0 Å². The number of hydrogen-bond acceptors (Lipinski definition) is 2. The number of ketones is 2. The lowest BCUT2D eigenvalue weighted by Crippen LogP contribution is -2.57. The Balaban J connectivity index is 1.98. The first-order chi connectivity index (χ1) is 10.9. The highest BCUT2D eigenvalue weighted by Gasteiger charge is 2.72. The van der Waals surface area contributed by atoms with Crippen LogP contribution in [0.15, 0.2) is 35.9 Å². The fourth-order valence-corrected chi connectivity index (χ4v) is 5.79. The highest BCUT2D eigenvalue weighted by molar-refractivity contribution is 6.20. The Bertz CT molecular complexity index is 740. The molecule has 0 spiro atoms. The van der Waals surface area contributed by atoms with E-state index in [1.165, 1.54) is 5.57 Å². The Morgan fingerprint density at radius 2 is 1.70 bits per heavy atom. The molecular formula is C21H24O2. The largest absolute Gasteiger partial charge is 0.293 e. The van der Waals surface area contributed by atoms with E-state index in [-0.39, 0.29) is 11.6 Å². The molecule has 2 bridgehead atoms. The van der Waals surface area contributed by atoms with Crippen LogP contribution in [0.25, 0.3) is 0 Å². The molecule has 1 unspecified atom stereocenters. The van der Waals surface area contributed by atoms with E-state index in [1.54, 1.807) is 0 Å². The van der Waals surface area contributed by atoms with Crippen LogP contribution in [0, 0.1) is 22.7 Å². The summed E-state index contributed by atoms with van der Waals surface area (Å²) in [5.41, 5.74) is 1.50. The van der Waals surface area contributed by atoms with Gasteiger partial charge in [0, 0.05) is 16.5 Å². The van der Waals surface area contributed by atoms with Crippen molar-refractivity contribution in [1.82, 2.24) is 0 Å². The van der Waals surface area contributed by atoms with E-state index in [2.05, 4.69) is 26.8 Å². The van der Waals surface area contributed by atoms with Crippen molar-refractivity contribution in [2.24, 2.45) is 22.7 Å². The average Bonchev–Trinajstić information content (AvgIpc) is 3.11. The van der Waals surface area contributed by atoms with Crippen LogP contribution in [-0.4, -0.2) is 11.6 Å². The smallest absolute Gasteiger partial charge is 0.171 e. The second kappa shape index (κ2) is 4.66. The average molecular weight is 308 g/mol. The van der Waals surface area contributed by atoms with Crippen LogP contribution < -0.4 is 0 Å². The summed E-state index contributed by atoms with van der Waals surface area (Å²) in [5.74, 6) is 1.16. The summed E-state index contributed by atoms with van der Waals surface area (Å²) >= 11 is 0. The zero-order chi connectivity index (χ0) is 16.4. The molecule has 0 saturated heterocycles. The zero-order valence-electron chi connectivity index (χ0n) is 14.2. The molecule has 1 aromatic rings. The fourth-order valence-electron chi connectivity index (χ4n) is 5.79. The molecule has 0 aromatic heterocycles.